The molecule has 0 spiro atoms. The van der Waals surface area contributed by atoms with Crippen molar-refractivity contribution in [2.75, 3.05) is 11.9 Å². The molecule has 1 aliphatic rings. The maximum absolute atomic E-state index is 5.36. The summed E-state index contributed by atoms with van der Waals surface area (Å²) in [5.41, 5.74) is 4.33. The van der Waals surface area contributed by atoms with Crippen LogP contribution in [0.1, 0.15) is 5.56 Å². The zero-order chi connectivity index (χ0) is 13.4. The third kappa shape index (κ3) is 1.84. The number of hydrogen-bond acceptors (Lipinski definition) is 5. The Morgan fingerprint density at radius 3 is 2.85 bits per heavy atom. The van der Waals surface area contributed by atoms with Crippen LogP contribution in [0.4, 0.5) is 5.69 Å². The fourth-order valence-electron chi connectivity index (χ4n) is 2.38. The minimum atomic E-state index is 0.535. The average Bonchev–Trinajstić information content (AvgIpc) is 3.16. The largest absolute Gasteiger partial charge is 0.384 e. The number of rotatable bonds is 2. The normalized spacial score (nSPS) is 13.0. The van der Waals surface area contributed by atoms with Crippen molar-refractivity contribution in [1.29, 1.82) is 0 Å². The minimum Gasteiger partial charge on any atom is -0.384 e. The first-order valence-electron chi connectivity index (χ1n) is 6.51. The van der Waals surface area contributed by atoms with Gasteiger partial charge in [-0.05, 0) is 36.2 Å². The van der Waals surface area contributed by atoms with E-state index in [1.54, 1.807) is 12.4 Å². The molecule has 1 N–H and O–H groups in total. The van der Waals surface area contributed by atoms with Crippen LogP contribution in [0, 0.1) is 0 Å². The van der Waals surface area contributed by atoms with Crippen LogP contribution in [0.3, 0.4) is 0 Å². The predicted molar refractivity (Wildman–Crippen MR) is 75.2 cm³/mol. The fraction of sp³-hybridized carbons (Fsp3) is 0.133. The van der Waals surface area contributed by atoms with Crippen molar-refractivity contribution in [3.05, 3.63) is 48.3 Å². The van der Waals surface area contributed by atoms with E-state index in [2.05, 4.69) is 32.6 Å². The van der Waals surface area contributed by atoms with E-state index in [0.717, 1.165) is 29.8 Å². The lowest BCUT2D eigenvalue weighted by atomic mass is 10.1. The Kier molecular flexibility index (Phi) is 2.48. The molecule has 0 fully saturated rings. The summed E-state index contributed by atoms with van der Waals surface area (Å²) in [6.45, 7) is 0.991. The monoisotopic (exact) mass is 264 g/mol. The Labute approximate surface area is 115 Å². The van der Waals surface area contributed by atoms with Gasteiger partial charge in [0.05, 0.1) is 0 Å². The van der Waals surface area contributed by atoms with E-state index in [1.165, 1.54) is 5.56 Å². The van der Waals surface area contributed by atoms with Gasteiger partial charge < -0.3 is 9.84 Å². The molecule has 0 atom stereocenters. The zero-order valence-corrected chi connectivity index (χ0v) is 10.7. The third-order valence-corrected chi connectivity index (χ3v) is 3.43. The van der Waals surface area contributed by atoms with Crippen molar-refractivity contribution in [2.45, 2.75) is 6.42 Å². The van der Waals surface area contributed by atoms with Gasteiger partial charge in [0, 0.05) is 35.8 Å². The van der Waals surface area contributed by atoms with E-state index in [0.29, 0.717) is 11.7 Å². The standard InChI is InChI=1S/C15H12N4O/c1-2-12(9-13-10(1)5-8-17-13)15-18-14(19-20-15)11-3-6-16-7-4-11/h1-4,6-7,9,17H,5,8H2. The van der Waals surface area contributed by atoms with Crippen LogP contribution in [0.2, 0.25) is 0 Å². The molecule has 5 heteroatoms. The molecule has 20 heavy (non-hydrogen) atoms. The number of nitrogens with zero attached hydrogens (tertiary/aromatic N) is 3. The van der Waals surface area contributed by atoms with E-state index in [9.17, 15) is 0 Å². The number of aromatic nitrogens is 3. The van der Waals surface area contributed by atoms with Crippen LogP contribution in [-0.4, -0.2) is 21.7 Å². The molecule has 0 amide bonds. The summed E-state index contributed by atoms with van der Waals surface area (Å²) in [7, 11) is 0. The highest BCUT2D eigenvalue weighted by Gasteiger charge is 2.14. The molecular formula is C15H12N4O. The molecular weight excluding hydrogens is 252 g/mol. The molecule has 2 aromatic heterocycles. The molecule has 0 saturated carbocycles. The molecule has 0 unspecified atom stereocenters. The van der Waals surface area contributed by atoms with Gasteiger partial charge in [-0.15, -0.1) is 0 Å². The molecule has 3 aromatic rings. The van der Waals surface area contributed by atoms with E-state index in [-0.39, 0.29) is 0 Å². The minimum absolute atomic E-state index is 0.535. The first-order chi connectivity index (χ1) is 9.90. The van der Waals surface area contributed by atoms with E-state index in [1.807, 2.05) is 18.2 Å². The molecule has 4 rings (SSSR count). The van der Waals surface area contributed by atoms with Crippen LogP contribution in [0.5, 0.6) is 0 Å². The van der Waals surface area contributed by atoms with Gasteiger partial charge >= 0.3 is 0 Å². The number of anilines is 1. The number of fused-ring (bicyclic) bond motifs is 1. The van der Waals surface area contributed by atoms with Gasteiger partial charge in [-0.1, -0.05) is 11.2 Å². The molecule has 3 heterocycles. The average molecular weight is 264 g/mol. The first-order valence-corrected chi connectivity index (χ1v) is 6.51. The molecule has 0 bridgehead atoms. The van der Waals surface area contributed by atoms with Crippen molar-refractivity contribution in [3.63, 3.8) is 0 Å². The van der Waals surface area contributed by atoms with E-state index >= 15 is 0 Å². The fourth-order valence-corrected chi connectivity index (χ4v) is 2.38. The van der Waals surface area contributed by atoms with Crippen molar-refractivity contribution in [3.8, 4) is 22.8 Å². The SMILES string of the molecule is c1cc(-c2noc(-c3ccc4c(c3)NCC4)n2)ccn1. The molecule has 0 radical (unpaired) electrons. The maximum Gasteiger partial charge on any atom is 0.258 e. The van der Waals surface area contributed by atoms with Crippen LogP contribution in [-0.2, 0) is 6.42 Å². The van der Waals surface area contributed by atoms with Gasteiger partial charge in [-0.25, -0.2) is 0 Å². The van der Waals surface area contributed by atoms with Crippen LogP contribution in [0.15, 0.2) is 47.2 Å². The van der Waals surface area contributed by atoms with Crippen LogP contribution in [0.25, 0.3) is 22.8 Å². The van der Waals surface area contributed by atoms with Crippen molar-refractivity contribution >= 4 is 5.69 Å². The molecule has 1 aliphatic heterocycles. The summed E-state index contributed by atoms with van der Waals surface area (Å²) >= 11 is 0. The number of hydrogen-bond donors (Lipinski definition) is 1. The quantitative estimate of drug-likeness (QED) is 0.771. The molecule has 0 aliphatic carbocycles. The molecule has 98 valence electrons. The Hall–Kier alpha value is -2.69. The van der Waals surface area contributed by atoms with Crippen molar-refractivity contribution in [1.82, 2.24) is 15.1 Å². The first kappa shape index (κ1) is 11.2. The Morgan fingerprint density at radius 2 is 1.95 bits per heavy atom. The summed E-state index contributed by atoms with van der Waals surface area (Å²) in [5, 5.41) is 7.37. The lowest BCUT2D eigenvalue weighted by molar-refractivity contribution is 0.432. The smallest absolute Gasteiger partial charge is 0.258 e. The molecule has 0 saturated heterocycles. The lowest BCUT2D eigenvalue weighted by Crippen LogP contribution is -1.91. The summed E-state index contributed by atoms with van der Waals surface area (Å²) in [4.78, 5) is 8.42. The van der Waals surface area contributed by atoms with Crippen LogP contribution >= 0.6 is 0 Å². The summed E-state index contributed by atoms with van der Waals surface area (Å²) < 4.78 is 5.36. The van der Waals surface area contributed by atoms with Gasteiger partial charge in [-0.2, -0.15) is 4.98 Å². The lowest BCUT2D eigenvalue weighted by Gasteiger charge is -2.00. The predicted octanol–water partition coefficient (Wildman–Crippen LogP) is 2.77. The zero-order valence-electron chi connectivity index (χ0n) is 10.7. The summed E-state index contributed by atoms with van der Waals surface area (Å²) in [6, 6.07) is 9.92. The topological polar surface area (TPSA) is 63.8 Å². The highest BCUT2D eigenvalue weighted by molar-refractivity contribution is 5.67. The Bertz CT molecular complexity index is 752. The van der Waals surface area contributed by atoms with E-state index < -0.39 is 0 Å². The number of pyridine rings is 1. The second-order valence-electron chi connectivity index (χ2n) is 4.71. The highest BCUT2D eigenvalue weighted by Crippen LogP contribution is 2.29. The molecule has 1 aromatic carbocycles. The van der Waals surface area contributed by atoms with Crippen molar-refractivity contribution < 1.29 is 4.52 Å². The van der Waals surface area contributed by atoms with Crippen molar-refractivity contribution in [2.24, 2.45) is 0 Å². The van der Waals surface area contributed by atoms with Gasteiger partial charge in [0.15, 0.2) is 0 Å². The Morgan fingerprint density at radius 1 is 1.05 bits per heavy atom. The van der Waals surface area contributed by atoms with Gasteiger partial charge in [-0.3, -0.25) is 4.98 Å². The molecule has 5 nitrogen and oxygen atoms in total. The highest BCUT2D eigenvalue weighted by atomic mass is 16.5. The summed E-state index contributed by atoms with van der Waals surface area (Å²) in [5.74, 6) is 1.11. The Balaban J connectivity index is 1.72. The van der Waals surface area contributed by atoms with Gasteiger partial charge in [0.25, 0.3) is 5.89 Å². The summed E-state index contributed by atoms with van der Waals surface area (Å²) in [6.07, 6.45) is 4.50. The number of benzene rings is 1. The van der Waals surface area contributed by atoms with E-state index in [4.69, 9.17) is 4.52 Å². The van der Waals surface area contributed by atoms with Crippen LogP contribution < -0.4 is 5.32 Å². The number of nitrogens with one attached hydrogen (secondary N) is 1. The van der Waals surface area contributed by atoms with Gasteiger partial charge in [0.2, 0.25) is 5.82 Å². The maximum atomic E-state index is 5.36. The second kappa shape index (κ2) is 4.45. The van der Waals surface area contributed by atoms with Gasteiger partial charge in [0.1, 0.15) is 0 Å². The third-order valence-electron chi connectivity index (χ3n) is 3.43. The second-order valence-corrected chi connectivity index (χ2v) is 4.71.